The van der Waals surface area contributed by atoms with Crippen LogP contribution < -0.4 is 4.90 Å². The molecule has 4 heterocycles. The van der Waals surface area contributed by atoms with E-state index in [2.05, 4.69) is 190 Å². The van der Waals surface area contributed by atoms with Gasteiger partial charge in [-0.3, -0.25) is 4.90 Å². The molecule has 0 bridgehead atoms. The molecule has 0 saturated carbocycles. The van der Waals surface area contributed by atoms with Gasteiger partial charge in [0.15, 0.2) is 0 Å². The quantitative estimate of drug-likeness (QED) is 0.183. The van der Waals surface area contributed by atoms with Crippen molar-refractivity contribution in [2.75, 3.05) is 4.90 Å². The molecular weight excluding hydrogens is 671 g/mol. The topological polar surface area (TPSA) is 38.9 Å². The maximum atomic E-state index is 4.88. The lowest BCUT2D eigenvalue weighted by Gasteiger charge is -2.32. The first-order chi connectivity index (χ1) is 27.3. The lowest BCUT2D eigenvalue weighted by Crippen LogP contribution is -2.17. The van der Waals surface area contributed by atoms with Crippen LogP contribution in [0.5, 0.6) is 0 Å². The van der Waals surface area contributed by atoms with Crippen LogP contribution in [-0.2, 0) is 0 Å². The fourth-order valence-electron chi connectivity index (χ4n) is 8.96. The van der Waals surface area contributed by atoms with Gasteiger partial charge in [-0.05, 0) is 95.6 Å². The SMILES string of the molecule is c1ccc(N2c3ccccc3-c3cc(-n4c5ccccc5c5cc(-c6ccc7c(c6)c6ccccc6n7-c6ccccc6)ccc54)cc4ncnc2c34)cc1. The molecule has 0 amide bonds. The van der Waals surface area contributed by atoms with Crippen LogP contribution in [0.4, 0.5) is 17.2 Å². The smallest absolute Gasteiger partial charge is 0.149 e. The van der Waals surface area contributed by atoms with Gasteiger partial charge in [0, 0.05) is 44.2 Å². The zero-order valence-corrected chi connectivity index (χ0v) is 29.6. The van der Waals surface area contributed by atoms with E-state index in [1.807, 2.05) is 6.07 Å². The Bertz CT molecular complexity index is 3320. The summed E-state index contributed by atoms with van der Waals surface area (Å²) in [6.07, 6.45) is 1.70. The van der Waals surface area contributed by atoms with Gasteiger partial charge in [-0.25, -0.2) is 9.97 Å². The Morgan fingerprint density at radius 2 is 0.909 bits per heavy atom. The summed E-state index contributed by atoms with van der Waals surface area (Å²) in [4.78, 5) is 12.0. The maximum absolute atomic E-state index is 4.88. The van der Waals surface area contributed by atoms with Gasteiger partial charge in [0.25, 0.3) is 0 Å². The molecule has 0 saturated heterocycles. The predicted octanol–water partition coefficient (Wildman–Crippen LogP) is 12.9. The number of aromatic nitrogens is 4. The van der Waals surface area contributed by atoms with Crippen molar-refractivity contribution in [2.24, 2.45) is 0 Å². The molecule has 0 radical (unpaired) electrons. The van der Waals surface area contributed by atoms with Gasteiger partial charge in [-0.15, -0.1) is 0 Å². The first kappa shape index (κ1) is 30.0. The van der Waals surface area contributed by atoms with Gasteiger partial charge in [0.1, 0.15) is 12.1 Å². The van der Waals surface area contributed by atoms with Gasteiger partial charge in [-0.2, -0.15) is 0 Å². The van der Waals surface area contributed by atoms with Crippen LogP contribution >= 0.6 is 0 Å². The second kappa shape index (κ2) is 11.5. The molecule has 0 unspecified atom stereocenters. The minimum atomic E-state index is 0.896. The highest BCUT2D eigenvalue weighted by molar-refractivity contribution is 6.15. The van der Waals surface area contributed by atoms with Crippen LogP contribution in [0.3, 0.4) is 0 Å². The van der Waals surface area contributed by atoms with E-state index in [1.54, 1.807) is 6.33 Å². The number of fused-ring (bicyclic) bond motifs is 8. The molecular formula is C50H31N5. The average molecular weight is 702 g/mol. The number of para-hydroxylation sites is 5. The molecule has 0 spiro atoms. The number of rotatable bonds is 4. The van der Waals surface area contributed by atoms with E-state index in [-0.39, 0.29) is 0 Å². The van der Waals surface area contributed by atoms with Crippen LogP contribution in [0, 0.1) is 0 Å². The van der Waals surface area contributed by atoms with E-state index in [9.17, 15) is 0 Å². The summed E-state index contributed by atoms with van der Waals surface area (Å²) in [6.45, 7) is 0. The predicted molar refractivity (Wildman–Crippen MR) is 227 cm³/mol. The molecule has 5 nitrogen and oxygen atoms in total. The molecule has 55 heavy (non-hydrogen) atoms. The molecule has 8 aromatic carbocycles. The van der Waals surface area contributed by atoms with Crippen molar-refractivity contribution in [1.29, 1.82) is 0 Å². The highest BCUT2D eigenvalue weighted by atomic mass is 15.2. The average Bonchev–Trinajstić information content (AvgIpc) is 3.76. The summed E-state index contributed by atoms with van der Waals surface area (Å²) in [6, 6.07) is 65.6. The second-order valence-electron chi connectivity index (χ2n) is 14.3. The molecule has 0 fully saturated rings. The largest absolute Gasteiger partial charge is 0.309 e. The van der Waals surface area contributed by atoms with Crippen molar-refractivity contribution < 1.29 is 0 Å². The summed E-state index contributed by atoms with van der Waals surface area (Å²) in [5.74, 6) is 0.896. The van der Waals surface area contributed by atoms with Crippen molar-refractivity contribution in [3.8, 4) is 33.6 Å². The van der Waals surface area contributed by atoms with E-state index >= 15 is 0 Å². The normalized spacial score (nSPS) is 12.3. The number of hydrogen-bond donors (Lipinski definition) is 0. The number of hydrogen-bond acceptors (Lipinski definition) is 3. The number of nitrogens with zero attached hydrogens (tertiary/aromatic N) is 5. The Morgan fingerprint density at radius 3 is 1.58 bits per heavy atom. The molecule has 12 rings (SSSR count). The molecule has 0 aliphatic carbocycles. The van der Waals surface area contributed by atoms with Crippen molar-refractivity contribution in [1.82, 2.24) is 19.1 Å². The van der Waals surface area contributed by atoms with Crippen LogP contribution in [-0.4, -0.2) is 19.1 Å². The summed E-state index contributed by atoms with van der Waals surface area (Å²) in [7, 11) is 0. The molecule has 1 aliphatic rings. The monoisotopic (exact) mass is 701 g/mol. The van der Waals surface area contributed by atoms with Gasteiger partial charge in [0.05, 0.1) is 38.7 Å². The first-order valence-corrected chi connectivity index (χ1v) is 18.7. The summed E-state index contributed by atoms with van der Waals surface area (Å²) < 4.78 is 4.77. The van der Waals surface area contributed by atoms with E-state index in [0.717, 1.165) is 55.9 Å². The third-order valence-corrected chi connectivity index (χ3v) is 11.3. The van der Waals surface area contributed by atoms with Gasteiger partial charge in [-0.1, -0.05) is 103 Å². The lowest BCUT2D eigenvalue weighted by atomic mass is 9.93. The highest BCUT2D eigenvalue weighted by Crippen LogP contribution is 2.50. The third kappa shape index (κ3) is 4.35. The maximum Gasteiger partial charge on any atom is 0.149 e. The van der Waals surface area contributed by atoms with E-state index in [4.69, 9.17) is 9.97 Å². The van der Waals surface area contributed by atoms with Crippen LogP contribution in [0.15, 0.2) is 188 Å². The molecule has 0 N–H and O–H groups in total. The summed E-state index contributed by atoms with van der Waals surface area (Å²) >= 11 is 0. The van der Waals surface area contributed by atoms with E-state index in [0.29, 0.717) is 0 Å². The minimum absolute atomic E-state index is 0.896. The van der Waals surface area contributed by atoms with Crippen molar-refractivity contribution in [3.05, 3.63) is 188 Å². The highest BCUT2D eigenvalue weighted by Gasteiger charge is 2.28. The Hall–Kier alpha value is -7.50. The van der Waals surface area contributed by atoms with E-state index < -0.39 is 0 Å². The number of benzene rings is 8. The fraction of sp³-hybridized carbons (Fsp3) is 0. The van der Waals surface area contributed by atoms with Crippen LogP contribution in [0.25, 0.3) is 88.1 Å². The molecule has 256 valence electrons. The van der Waals surface area contributed by atoms with Gasteiger partial charge < -0.3 is 9.13 Å². The fourth-order valence-corrected chi connectivity index (χ4v) is 8.96. The Labute approximate surface area is 316 Å². The zero-order valence-electron chi connectivity index (χ0n) is 29.6. The van der Waals surface area contributed by atoms with Crippen molar-refractivity contribution in [3.63, 3.8) is 0 Å². The zero-order chi connectivity index (χ0) is 36.0. The van der Waals surface area contributed by atoms with E-state index in [1.165, 1.54) is 49.4 Å². The molecule has 5 heteroatoms. The second-order valence-corrected chi connectivity index (χ2v) is 14.3. The molecule has 0 atom stereocenters. The third-order valence-electron chi connectivity index (χ3n) is 11.3. The Kier molecular flexibility index (Phi) is 6.27. The minimum Gasteiger partial charge on any atom is -0.309 e. The van der Waals surface area contributed by atoms with Gasteiger partial charge >= 0.3 is 0 Å². The number of anilines is 3. The standard InChI is InChI=1S/C50H31N5/c1-3-13-34(14-4-1)53-44-20-10-7-17-37(44)40-27-32(23-25-47(40)53)33-24-26-48-41(28-33)38-18-8-11-21-45(38)54(48)36-29-42-39-19-9-12-22-46(39)55(35-15-5-2-6-16-35)50-49(42)43(30-36)51-31-52-50/h1-31H. The van der Waals surface area contributed by atoms with Crippen LogP contribution in [0.1, 0.15) is 0 Å². The molecule has 3 aromatic heterocycles. The van der Waals surface area contributed by atoms with Crippen molar-refractivity contribution in [2.45, 2.75) is 0 Å². The Morgan fingerprint density at radius 1 is 0.364 bits per heavy atom. The molecule has 11 aromatic rings. The summed E-state index contributed by atoms with van der Waals surface area (Å²) in [5.41, 5.74) is 14.7. The van der Waals surface area contributed by atoms with Crippen LogP contribution in [0.2, 0.25) is 0 Å². The summed E-state index contributed by atoms with van der Waals surface area (Å²) in [5, 5.41) is 5.99. The Balaban J connectivity index is 1.05. The lowest BCUT2D eigenvalue weighted by molar-refractivity contribution is 1.13. The van der Waals surface area contributed by atoms with Crippen molar-refractivity contribution >= 4 is 71.7 Å². The van der Waals surface area contributed by atoms with Gasteiger partial charge in [0.2, 0.25) is 0 Å². The first-order valence-electron chi connectivity index (χ1n) is 18.7. The molecule has 1 aliphatic heterocycles.